The molecule has 0 spiro atoms. The molecule has 0 aromatic heterocycles. The van der Waals surface area contributed by atoms with Crippen LogP contribution in [0.25, 0.3) is 0 Å². The second-order valence-electron chi connectivity index (χ2n) is 5.75. The Morgan fingerprint density at radius 3 is 1.56 bits per heavy atom. The number of sulfonamides is 2. The number of hydrogen-bond acceptors (Lipinski definition) is 4. The molecular formula is C19H16N2O4S2. The first-order valence-electron chi connectivity index (χ1n) is 7.95. The average Bonchev–Trinajstić information content (AvgIpc) is 2.65. The Bertz CT molecular complexity index is 1180. The summed E-state index contributed by atoms with van der Waals surface area (Å²) in [6.07, 6.45) is 4.57. The Balaban J connectivity index is 2.09. The predicted molar refractivity (Wildman–Crippen MR) is 105 cm³/mol. The van der Waals surface area contributed by atoms with E-state index in [9.17, 15) is 16.8 Å². The zero-order chi connectivity index (χ0) is 19.5. The van der Waals surface area contributed by atoms with Gasteiger partial charge in [0.15, 0.2) is 0 Å². The van der Waals surface area contributed by atoms with E-state index in [1.807, 2.05) is 0 Å². The molecule has 3 rings (SSSR count). The van der Waals surface area contributed by atoms with Crippen molar-refractivity contribution in [3.63, 3.8) is 0 Å². The van der Waals surface area contributed by atoms with Gasteiger partial charge < -0.3 is 0 Å². The van der Waals surface area contributed by atoms with Crippen molar-refractivity contribution in [1.29, 1.82) is 0 Å². The third kappa shape index (κ3) is 4.47. The first-order chi connectivity index (χ1) is 12.8. The lowest BCUT2D eigenvalue weighted by Crippen LogP contribution is -2.17. The minimum atomic E-state index is -4.00. The number of nitrogens with zero attached hydrogens (tertiary/aromatic N) is 2. The summed E-state index contributed by atoms with van der Waals surface area (Å²) in [4.78, 5) is 0.0332. The summed E-state index contributed by atoms with van der Waals surface area (Å²) in [5.74, 6) is 0. The van der Waals surface area contributed by atoms with Crippen LogP contribution in [0.15, 0.2) is 103 Å². The summed E-state index contributed by atoms with van der Waals surface area (Å²) in [5, 5.41) is 0. The maximum absolute atomic E-state index is 12.5. The van der Waals surface area contributed by atoms with Gasteiger partial charge in [0.1, 0.15) is 11.4 Å². The zero-order valence-electron chi connectivity index (χ0n) is 14.3. The molecule has 0 aliphatic heterocycles. The van der Waals surface area contributed by atoms with Crippen molar-refractivity contribution in [3.8, 4) is 0 Å². The van der Waals surface area contributed by atoms with Crippen LogP contribution in [-0.2, 0) is 20.0 Å². The van der Waals surface area contributed by atoms with Gasteiger partial charge >= 0.3 is 0 Å². The van der Waals surface area contributed by atoms with Gasteiger partial charge in [0.2, 0.25) is 0 Å². The highest BCUT2D eigenvalue weighted by Gasteiger charge is 2.20. The lowest BCUT2D eigenvalue weighted by molar-refractivity contribution is 0.596. The molecule has 0 heterocycles. The number of hydrogen-bond donors (Lipinski definition) is 0. The molecule has 138 valence electrons. The summed E-state index contributed by atoms with van der Waals surface area (Å²) in [6.45, 7) is 1.75. The van der Waals surface area contributed by atoms with Crippen molar-refractivity contribution in [2.24, 2.45) is 8.80 Å². The molecule has 0 amide bonds. The van der Waals surface area contributed by atoms with Crippen LogP contribution in [0.2, 0.25) is 0 Å². The standard InChI is InChI=1S/C19H16N2O4S2/c1-15-12-13-18(20-26(22,23)16-8-4-2-5-9-16)19(14-15)21-27(24,25)17-10-6-3-7-11-17/h2-14H,1H3/b20-18+,21-19-. The first-order valence-corrected chi connectivity index (χ1v) is 10.8. The Hall–Kier alpha value is -2.84. The van der Waals surface area contributed by atoms with E-state index in [0.717, 1.165) is 5.57 Å². The van der Waals surface area contributed by atoms with E-state index in [4.69, 9.17) is 0 Å². The Labute approximate surface area is 158 Å². The van der Waals surface area contributed by atoms with E-state index in [0.29, 0.717) is 0 Å². The van der Waals surface area contributed by atoms with E-state index in [1.165, 1.54) is 36.4 Å². The smallest absolute Gasteiger partial charge is 0.199 e. The van der Waals surface area contributed by atoms with Gasteiger partial charge in [-0.2, -0.15) is 25.6 Å². The molecule has 0 N–H and O–H groups in total. The van der Waals surface area contributed by atoms with Gasteiger partial charge in [-0.05, 0) is 48.9 Å². The molecule has 27 heavy (non-hydrogen) atoms. The van der Waals surface area contributed by atoms with Crippen molar-refractivity contribution in [2.45, 2.75) is 16.7 Å². The largest absolute Gasteiger partial charge is 0.282 e. The SMILES string of the molecule is CC1=CC(=N/S(=O)(=O)c2ccccc2)/C(=N/S(=O)(=O)c2ccccc2)C=C1. The Morgan fingerprint density at radius 2 is 1.07 bits per heavy atom. The van der Waals surface area contributed by atoms with Crippen LogP contribution in [0.3, 0.4) is 0 Å². The third-order valence-electron chi connectivity index (χ3n) is 3.65. The highest BCUT2D eigenvalue weighted by atomic mass is 32.2. The van der Waals surface area contributed by atoms with Crippen molar-refractivity contribution in [2.75, 3.05) is 0 Å². The quantitative estimate of drug-likeness (QED) is 0.737. The fraction of sp³-hybridized carbons (Fsp3) is 0.0526. The van der Waals surface area contributed by atoms with Crippen LogP contribution in [0.4, 0.5) is 0 Å². The van der Waals surface area contributed by atoms with E-state index in [1.54, 1.807) is 49.4 Å². The average molecular weight is 400 g/mol. The van der Waals surface area contributed by atoms with Crippen molar-refractivity contribution < 1.29 is 16.8 Å². The lowest BCUT2D eigenvalue weighted by Gasteiger charge is -2.09. The topological polar surface area (TPSA) is 93.0 Å². The molecule has 1 aliphatic rings. The normalized spacial score (nSPS) is 17.9. The van der Waals surface area contributed by atoms with E-state index in [-0.39, 0.29) is 21.2 Å². The molecular weight excluding hydrogens is 384 g/mol. The molecule has 6 nitrogen and oxygen atoms in total. The maximum atomic E-state index is 12.5. The van der Waals surface area contributed by atoms with Crippen molar-refractivity contribution in [3.05, 3.63) is 84.5 Å². The fourth-order valence-electron chi connectivity index (χ4n) is 2.33. The van der Waals surface area contributed by atoms with Gasteiger partial charge in [-0.3, -0.25) is 0 Å². The molecule has 2 aromatic rings. The van der Waals surface area contributed by atoms with Gasteiger partial charge in [-0.25, -0.2) is 0 Å². The van der Waals surface area contributed by atoms with Gasteiger partial charge in [-0.15, -0.1) is 0 Å². The summed E-state index contributed by atoms with van der Waals surface area (Å²) in [7, 11) is -8.00. The second kappa shape index (κ2) is 7.42. The van der Waals surface area contributed by atoms with E-state index in [2.05, 4.69) is 8.80 Å². The molecule has 0 radical (unpaired) electrons. The highest BCUT2D eigenvalue weighted by molar-refractivity contribution is 7.91. The third-order valence-corrected chi connectivity index (χ3v) is 6.26. The number of benzene rings is 2. The Kier molecular flexibility index (Phi) is 5.20. The lowest BCUT2D eigenvalue weighted by atomic mass is 10.1. The molecule has 8 heteroatoms. The fourth-order valence-corrected chi connectivity index (χ4v) is 4.36. The summed E-state index contributed by atoms with van der Waals surface area (Å²) in [6, 6.07) is 15.4. The molecule has 0 saturated heterocycles. The minimum absolute atomic E-state index is 0.0161. The van der Waals surface area contributed by atoms with Crippen molar-refractivity contribution >= 4 is 31.5 Å². The predicted octanol–water partition coefficient (Wildman–Crippen LogP) is 3.16. The van der Waals surface area contributed by atoms with E-state index < -0.39 is 20.0 Å². The van der Waals surface area contributed by atoms with Crippen LogP contribution in [-0.4, -0.2) is 28.3 Å². The first kappa shape index (κ1) is 18.9. The summed E-state index contributed by atoms with van der Waals surface area (Å²) in [5.41, 5.74) is 0.662. The Morgan fingerprint density at radius 1 is 0.630 bits per heavy atom. The maximum Gasteiger partial charge on any atom is 0.282 e. The molecule has 2 aromatic carbocycles. The van der Waals surface area contributed by atoms with Crippen LogP contribution in [0.5, 0.6) is 0 Å². The van der Waals surface area contributed by atoms with Crippen LogP contribution in [0.1, 0.15) is 6.92 Å². The molecule has 0 bridgehead atoms. The zero-order valence-corrected chi connectivity index (χ0v) is 16.0. The molecule has 0 saturated carbocycles. The monoisotopic (exact) mass is 400 g/mol. The van der Waals surface area contributed by atoms with Gasteiger partial charge in [0.05, 0.1) is 9.79 Å². The number of rotatable bonds is 4. The van der Waals surface area contributed by atoms with Gasteiger partial charge in [-0.1, -0.05) is 42.5 Å². The van der Waals surface area contributed by atoms with Crippen LogP contribution < -0.4 is 0 Å². The summed E-state index contributed by atoms with van der Waals surface area (Å²) >= 11 is 0. The minimum Gasteiger partial charge on any atom is -0.199 e. The summed E-state index contributed by atoms with van der Waals surface area (Å²) < 4.78 is 57.7. The van der Waals surface area contributed by atoms with Crippen LogP contribution in [0, 0.1) is 0 Å². The number of allylic oxidation sites excluding steroid dienone is 4. The molecule has 0 atom stereocenters. The highest BCUT2D eigenvalue weighted by Crippen LogP contribution is 2.17. The van der Waals surface area contributed by atoms with Crippen LogP contribution >= 0.6 is 0 Å². The van der Waals surface area contributed by atoms with Gasteiger partial charge in [0.25, 0.3) is 20.0 Å². The van der Waals surface area contributed by atoms with Gasteiger partial charge in [0, 0.05) is 0 Å². The second-order valence-corrected chi connectivity index (χ2v) is 8.96. The molecule has 0 fully saturated rings. The van der Waals surface area contributed by atoms with E-state index >= 15 is 0 Å². The molecule has 1 aliphatic carbocycles. The van der Waals surface area contributed by atoms with Crippen molar-refractivity contribution in [1.82, 2.24) is 0 Å². The molecule has 0 unspecified atom stereocenters.